The summed E-state index contributed by atoms with van der Waals surface area (Å²) in [5.41, 5.74) is 0.586. The average molecular weight is 237 g/mol. The molecular formula is C14H23NO2. The van der Waals surface area contributed by atoms with Gasteiger partial charge in [0.25, 0.3) is 0 Å². The maximum Gasteiger partial charge on any atom is 0.124 e. The summed E-state index contributed by atoms with van der Waals surface area (Å²) < 4.78 is 0. The highest BCUT2D eigenvalue weighted by Gasteiger charge is 2.13. The summed E-state index contributed by atoms with van der Waals surface area (Å²) in [5.74, 6) is 0.303. The van der Waals surface area contributed by atoms with Gasteiger partial charge in [0.05, 0.1) is 5.56 Å². The first-order valence-electron chi connectivity index (χ1n) is 6.41. The molecule has 0 fully saturated rings. The molecule has 0 saturated heterocycles. The minimum atomic E-state index is -0.0298. The number of aromatic hydroxyl groups is 2. The third-order valence-corrected chi connectivity index (χ3v) is 2.97. The maximum atomic E-state index is 9.70. The van der Waals surface area contributed by atoms with Crippen molar-refractivity contribution in [3.63, 3.8) is 0 Å². The Labute approximate surface area is 103 Å². The summed E-state index contributed by atoms with van der Waals surface area (Å²) in [5, 5.41) is 22.7. The van der Waals surface area contributed by atoms with Crippen molar-refractivity contribution >= 4 is 0 Å². The molecule has 3 N–H and O–H groups in total. The van der Waals surface area contributed by atoms with E-state index in [4.69, 9.17) is 0 Å². The highest BCUT2D eigenvalue weighted by Crippen LogP contribution is 2.31. The van der Waals surface area contributed by atoms with E-state index < -0.39 is 0 Å². The number of hydrogen-bond acceptors (Lipinski definition) is 3. The number of phenolic OH excluding ortho intramolecular Hbond substituents is 2. The summed E-state index contributed by atoms with van der Waals surface area (Å²) in [4.78, 5) is 0. The number of rotatable bonds is 7. The van der Waals surface area contributed by atoms with Crippen molar-refractivity contribution in [2.45, 2.75) is 45.6 Å². The molecule has 0 bridgehead atoms. The lowest BCUT2D eigenvalue weighted by atomic mass is 10.1. The molecular weight excluding hydrogens is 214 g/mol. The fourth-order valence-corrected chi connectivity index (χ4v) is 1.96. The van der Waals surface area contributed by atoms with E-state index in [-0.39, 0.29) is 17.5 Å². The molecule has 0 aliphatic rings. The second-order valence-corrected chi connectivity index (χ2v) is 4.45. The van der Waals surface area contributed by atoms with Crippen molar-refractivity contribution in [1.29, 1.82) is 0 Å². The smallest absolute Gasteiger partial charge is 0.124 e. The van der Waals surface area contributed by atoms with E-state index in [2.05, 4.69) is 12.2 Å². The van der Waals surface area contributed by atoms with Crippen LogP contribution in [0.2, 0.25) is 0 Å². The second kappa shape index (κ2) is 7.17. The lowest BCUT2D eigenvalue weighted by Crippen LogP contribution is -2.20. The molecule has 17 heavy (non-hydrogen) atoms. The normalized spacial score (nSPS) is 12.6. The van der Waals surface area contributed by atoms with Crippen LogP contribution >= 0.6 is 0 Å². The van der Waals surface area contributed by atoms with Crippen LogP contribution in [0, 0.1) is 0 Å². The molecule has 1 atom stereocenters. The molecule has 3 heteroatoms. The molecule has 0 spiro atoms. The van der Waals surface area contributed by atoms with Gasteiger partial charge in [0.2, 0.25) is 0 Å². The largest absolute Gasteiger partial charge is 0.507 e. The highest BCUT2D eigenvalue weighted by atomic mass is 16.3. The number of unbranched alkanes of at least 4 members (excludes halogenated alkanes) is 3. The van der Waals surface area contributed by atoms with Crippen molar-refractivity contribution in [1.82, 2.24) is 5.32 Å². The number of nitrogens with one attached hydrogen (secondary N) is 1. The highest BCUT2D eigenvalue weighted by molar-refractivity contribution is 5.44. The van der Waals surface area contributed by atoms with Crippen molar-refractivity contribution in [2.24, 2.45) is 0 Å². The van der Waals surface area contributed by atoms with E-state index >= 15 is 0 Å². The molecule has 1 aromatic rings. The van der Waals surface area contributed by atoms with Gasteiger partial charge in [-0.15, -0.1) is 0 Å². The minimum absolute atomic E-state index is 0.0298. The SMILES string of the molecule is CCCCCCNC(C)c1c(O)cccc1O. The maximum absolute atomic E-state index is 9.70. The third-order valence-electron chi connectivity index (χ3n) is 2.97. The van der Waals surface area contributed by atoms with Crippen LogP contribution in [0.1, 0.15) is 51.1 Å². The van der Waals surface area contributed by atoms with E-state index in [1.54, 1.807) is 18.2 Å². The van der Waals surface area contributed by atoms with Crippen LogP contribution < -0.4 is 5.32 Å². The topological polar surface area (TPSA) is 52.5 Å². The van der Waals surface area contributed by atoms with Crippen molar-refractivity contribution in [3.8, 4) is 11.5 Å². The molecule has 0 aliphatic carbocycles. The van der Waals surface area contributed by atoms with Crippen LogP contribution in [-0.2, 0) is 0 Å². The Morgan fingerprint density at radius 2 is 1.76 bits per heavy atom. The van der Waals surface area contributed by atoms with E-state index in [0.29, 0.717) is 5.56 Å². The van der Waals surface area contributed by atoms with Gasteiger partial charge in [-0.1, -0.05) is 32.3 Å². The zero-order chi connectivity index (χ0) is 12.7. The van der Waals surface area contributed by atoms with Gasteiger partial charge in [0.1, 0.15) is 11.5 Å². The first-order valence-corrected chi connectivity index (χ1v) is 6.41. The van der Waals surface area contributed by atoms with E-state index in [1.807, 2.05) is 6.92 Å². The molecule has 3 nitrogen and oxygen atoms in total. The Kier molecular flexibility index (Phi) is 5.84. The van der Waals surface area contributed by atoms with Gasteiger partial charge in [-0.3, -0.25) is 0 Å². The van der Waals surface area contributed by atoms with Crippen molar-refractivity contribution < 1.29 is 10.2 Å². The summed E-state index contributed by atoms with van der Waals surface area (Å²) in [6.45, 7) is 5.06. The summed E-state index contributed by atoms with van der Waals surface area (Å²) in [6.07, 6.45) is 4.85. The predicted molar refractivity (Wildman–Crippen MR) is 70.3 cm³/mol. The van der Waals surface area contributed by atoms with Gasteiger partial charge in [-0.2, -0.15) is 0 Å². The van der Waals surface area contributed by atoms with Gasteiger partial charge in [0.15, 0.2) is 0 Å². The summed E-state index contributed by atoms with van der Waals surface area (Å²) in [7, 11) is 0. The molecule has 1 aromatic carbocycles. The molecule has 0 amide bonds. The Hall–Kier alpha value is -1.22. The zero-order valence-corrected chi connectivity index (χ0v) is 10.7. The third kappa shape index (κ3) is 4.27. The molecule has 1 rings (SSSR count). The molecule has 0 heterocycles. The minimum Gasteiger partial charge on any atom is -0.507 e. The summed E-state index contributed by atoms with van der Waals surface area (Å²) in [6, 6.07) is 4.81. The Balaban J connectivity index is 2.44. The first kappa shape index (κ1) is 13.8. The Morgan fingerprint density at radius 1 is 1.12 bits per heavy atom. The van der Waals surface area contributed by atoms with Crippen LogP contribution in [0.4, 0.5) is 0 Å². The lowest BCUT2D eigenvalue weighted by Gasteiger charge is -2.16. The van der Waals surface area contributed by atoms with Crippen molar-refractivity contribution in [3.05, 3.63) is 23.8 Å². The molecule has 0 aliphatic heterocycles. The van der Waals surface area contributed by atoms with Gasteiger partial charge in [-0.25, -0.2) is 0 Å². The first-order chi connectivity index (χ1) is 8.16. The lowest BCUT2D eigenvalue weighted by molar-refractivity contribution is 0.417. The quantitative estimate of drug-likeness (QED) is 0.638. The predicted octanol–water partition coefficient (Wildman–Crippen LogP) is 3.33. The zero-order valence-electron chi connectivity index (χ0n) is 10.7. The molecule has 0 saturated carbocycles. The van der Waals surface area contributed by atoms with Crippen LogP contribution in [-0.4, -0.2) is 16.8 Å². The molecule has 0 aromatic heterocycles. The van der Waals surface area contributed by atoms with Gasteiger partial charge in [-0.05, 0) is 32.0 Å². The van der Waals surface area contributed by atoms with E-state index in [0.717, 1.165) is 13.0 Å². The van der Waals surface area contributed by atoms with Gasteiger partial charge < -0.3 is 15.5 Å². The van der Waals surface area contributed by atoms with Crippen LogP contribution in [0.15, 0.2) is 18.2 Å². The second-order valence-electron chi connectivity index (χ2n) is 4.45. The standard InChI is InChI=1S/C14H23NO2/c1-3-4-5-6-10-15-11(2)14-12(16)8-7-9-13(14)17/h7-9,11,15-17H,3-6,10H2,1-2H3. The van der Waals surface area contributed by atoms with Crippen LogP contribution in [0.3, 0.4) is 0 Å². The number of phenols is 2. The van der Waals surface area contributed by atoms with E-state index in [1.165, 1.54) is 19.3 Å². The number of hydrogen-bond donors (Lipinski definition) is 3. The van der Waals surface area contributed by atoms with Gasteiger partial charge in [0, 0.05) is 6.04 Å². The molecule has 96 valence electrons. The molecule has 1 unspecified atom stereocenters. The van der Waals surface area contributed by atoms with Crippen LogP contribution in [0.5, 0.6) is 11.5 Å². The van der Waals surface area contributed by atoms with Crippen molar-refractivity contribution in [2.75, 3.05) is 6.54 Å². The van der Waals surface area contributed by atoms with Crippen LogP contribution in [0.25, 0.3) is 0 Å². The van der Waals surface area contributed by atoms with E-state index in [9.17, 15) is 10.2 Å². The summed E-state index contributed by atoms with van der Waals surface area (Å²) >= 11 is 0. The average Bonchev–Trinajstić information content (AvgIpc) is 2.28. The monoisotopic (exact) mass is 237 g/mol. The van der Waals surface area contributed by atoms with Gasteiger partial charge >= 0.3 is 0 Å². The Morgan fingerprint density at radius 3 is 2.35 bits per heavy atom. The Bertz CT molecular complexity index is 319. The molecule has 0 radical (unpaired) electrons. The fraction of sp³-hybridized carbons (Fsp3) is 0.571. The number of benzene rings is 1. The fourth-order valence-electron chi connectivity index (χ4n) is 1.96.